The minimum Gasteiger partial charge on any atom is -0.330 e. The van der Waals surface area contributed by atoms with E-state index in [4.69, 9.17) is 0 Å². The minimum atomic E-state index is 0.789. The zero-order chi connectivity index (χ0) is 22.1. The number of nitrogens with zero attached hydrogens (tertiary/aromatic N) is 3. The number of aromatic nitrogens is 3. The molecule has 0 spiro atoms. The number of benzene rings is 2. The average Bonchev–Trinajstić information content (AvgIpc) is 3.23. The van der Waals surface area contributed by atoms with E-state index >= 15 is 0 Å². The highest BCUT2D eigenvalue weighted by atomic mass is 32.1. The van der Waals surface area contributed by atoms with E-state index in [1.54, 1.807) is 11.3 Å². The molecule has 0 aliphatic heterocycles. The first-order chi connectivity index (χ1) is 15.0. The zero-order valence-corrected chi connectivity index (χ0v) is 19.5. The van der Waals surface area contributed by atoms with Gasteiger partial charge in [0.05, 0.1) is 0 Å². The number of aryl methyl sites for hydroxylation is 2. The highest BCUT2D eigenvalue weighted by Crippen LogP contribution is 2.30. The van der Waals surface area contributed by atoms with Crippen LogP contribution in [0.2, 0.25) is 0 Å². The fourth-order valence-corrected chi connectivity index (χ4v) is 3.96. The van der Waals surface area contributed by atoms with Gasteiger partial charge in [0, 0.05) is 23.6 Å². The van der Waals surface area contributed by atoms with Crippen LogP contribution < -0.4 is 5.32 Å². The first-order valence-electron chi connectivity index (χ1n) is 10.7. The Hall–Kier alpha value is -3.05. The van der Waals surface area contributed by atoms with Crippen molar-refractivity contribution in [3.63, 3.8) is 0 Å². The predicted molar refractivity (Wildman–Crippen MR) is 132 cm³/mol. The number of anilines is 2. The Labute approximate surface area is 189 Å². The molecule has 31 heavy (non-hydrogen) atoms. The molecule has 0 amide bonds. The van der Waals surface area contributed by atoms with Gasteiger partial charge in [-0.1, -0.05) is 68.0 Å². The molecule has 2 aromatic heterocycles. The molecule has 1 N–H and O–H groups in total. The quantitative estimate of drug-likeness (QED) is 0.350. The van der Waals surface area contributed by atoms with E-state index in [9.17, 15) is 0 Å². The monoisotopic (exact) mass is 430 g/mol. The fourth-order valence-electron chi connectivity index (χ4n) is 3.11. The molecule has 0 saturated carbocycles. The van der Waals surface area contributed by atoms with E-state index in [0.29, 0.717) is 0 Å². The van der Waals surface area contributed by atoms with Crippen LogP contribution in [0.1, 0.15) is 37.0 Å². The third-order valence-electron chi connectivity index (χ3n) is 5.10. The molecule has 0 aliphatic rings. The summed E-state index contributed by atoms with van der Waals surface area (Å²) in [6.45, 7) is 8.67. The van der Waals surface area contributed by atoms with E-state index in [0.717, 1.165) is 27.3 Å². The molecular formula is C26H30N4S. The lowest BCUT2D eigenvalue weighted by molar-refractivity contribution is 0.560. The molecule has 2 heterocycles. The standard InChI is InChI=1S/C16H15N3S.C10H15N/c1-11-6-5-8-13(10-11)17-16-19-18-15(20-16)14-9-4-3-7-12(14)2;1-3-9(2)8-10-4-6-11-7-5-10/h3-10H,1-2H3,(H,17,19);4-7,9H,3,8H2,1-2H3. The summed E-state index contributed by atoms with van der Waals surface area (Å²) >= 11 is 1.57. The highest BCUT2D eigenvalue weighted by molar-refractivity contribution is 7.18. The van der Waals surface area contributed by atoms with Crippen LogP contribution >= 0.6 is 11.3 Å². The van der Waals surface area contributed by atoms with E-state index in [1.165, 1.54) is 29.5 Å². The van der Waals surface area contributed by atoms with Crippen molar-refractivity contribution in [1.82, 2.24) is 15.2 Å². The van der Waals surface area contributed by atoms with Gasteiger partial charge < -0.3 is 5.32 Å². The fraction of sp³-hybridized carbons (Fsp3) is 0.269. The molecule has 0 saturated heterocycles. The summed E-state index contributed by atoms with van der Waals surface area (Å²) in [5, 5.41) is 13.5. The Morgan fingerprint density at radius 1 is 0.935 bits per heavy atom. The summed E-state index contributed by atoms with van der Waals surface area (Å²) in [6.07, 6.45) is 6.15. The topological polar surface area (TPSA) is 50.7 Å². The van der Waals surface area contributed by atoms with Gasteiger partial charge in [-0.15, -0.1) is 10.2 Å². The van der Waals surface area contributed by atoms with Gasteiger partial charge in [0.15, 0.2) is 0 Å². The molecule has 0 radical (unpaired) electrons. The summed E-state index contributed by atoms with van der Waals surface area (Å²) in [4.78, 5) is 3.98. The maximum Gasteiger partial charge on any atom is 0.210 e. The second-order valence-corrected chi connectivity index (χ2v) is 8.77. The molecule has 4 rings (SSSR count). The van der Waals surface area contributed by atoms with E-state index in [1.807, 2.05) is 36.7 Å². The Bertz CT molecular complexity index is 1080. The third-order valence-corrected chi connectivity index (χ3v) is 5.97. The van der Waals surface area contributed by atoms with Crippen LogP contribution in [0.25, 0.3) is 10.6 Å². The maximum atomic E-state index is 4.27. The van der Waals surface area contributed by atoms with E-state index in [-0.39, 0.29) is 0 Å². The van der Waals surface area contributed by atoms with Crippen LogP contribution in [-0.4, -0.2) is 15.2 Å². The second-order valence-electron chi connectivity index (χ2n) is 7.79. The summed E-state index contributed by atoms with van der Waals surface area (Å²) in [5.74, 6) is 0.789. The number of hydrogen-bond acceptors (Lipinski definition) is 5. The van der Waals surface area contributed by atoms with Crippen molar-refractivity contribution in [2.24, 2.45) is 5.92 Å². The van der Waals surface area contributed by atoms with Crippen molar-refractivity contribution in [3.8, 4) is 10.6 Å². The number of pyridine rings is 1. The summed E-state index contributed by atoms with van der Waals surface area (Å²) in [5.41, 5.74) is 6.01. The Balaban J connectivity index is 0.000000210. The largest absolute Gasteiger partial charge is 0.330 e. The molecule has 0 aliphatic carbocycles. The summed E-state index contributed by atoms with van der Waals surface area (Å²) in [7, 11) is 0. The van der Waals surface area contributed by atoms with Crippen molar-refractivity contribution in [2.45, 2.75) is 40.5 Å². The molecular weight excluding hydrogens is 400 g/mol. The van der Waals surface area contributed by atoms with Crippen LogP contribution in [-0.2, 0) is 6.42 Å². The van der Waals surface area contributed by atoms with Gasteiger partial charge in [0.2, 0.25) is 5.13 Å². The molecule has 0 fully saturated rings. The molecule has 5 heteroatoms. The van der Waals surface area contributed by atoms with Gasteiger partial charge in [-0.3, -0.25) is 4.98 Å². The Morgan fingerprint density at radius 3 is 2.42 bits per heavy atom. The van der Waals surface area contributed by atoms with E-state index < -0.39 is 0 Å². The van der Waals surface area contributed by atoms with E-state index in [2.05, 4.69) is 84.6 Å². The van der Waals surface area contributed by atoms with Crippen molar-refractivity contribution in [2.75, 3.05) is 5.32 Å². The number of nitrogens with one attached hydrogen (secondary N) is 1. The molecule has 2 aromatic carbocycles. The van der Waals surface area contributed by atoms with Crippen molar-refractivity contribution >= 4 is 22.2 Å². The van der Waals surface area contributed by atoms with Crippen LogP contribution in [0.15, 0.2) is 73.1 Å². The SMILES string of the molecule is CCC(C)Cc1ccncc1.Cc1cccc(Nc2nnc(-c3ccccc3C)s2)c1. The molecule has 0 bridgehead atoms. The second kappa shape index (κ2) is 11.4. The summed E-state index contributed by atoms with van der Waals surface area (Å²) in [6, 6.07) is 20.6. The lowest BCUT2D eigenvalue weighted by Crippen LogP contribution is -1.97. The highest BCUT2D eigenvalue weighted by Gasteiger charge is 2.08. The van der Waals surface area contributed by atoms with Crippen molar-refractivity contribution in [3.05, 3.63) is 89.7 Å². The van der Waals surface area contributed by atoms with Crippen molar-refractivity contribution in [1.29, 1.82) is 0 Å². The Morgan fingerprint density at radius 2 is 1.71 bits per heavy atom. The lowest BCUT2D eigenvalue weighted by Gasteiger charge is -2.06. The first-order valence-corrected chi connectivity index (χ1v) is 11.5. The zero-order valence-electron chi connectivity index (χ0n) is 18.7. The molecule has 1 atom stereocenters. The van der Waals surface area contributed by atoms with Gasteiger partial charge in [0.25, 0.3) is 0 Å². The van der Waals surface area contributed by atoms with Crippen LogP contribution in [0.4, 0.5) is 10.8 Å². The molecule has 4 nitrogen and oxygen atoms in total. The van der Waals surface area contributed by atoms with Gasteiger partial charge in [-0.05, 0) is 67.1 Å². The average molecular weight is 431 g/mol. The number of rotatable bonds is 6. The van der Waals surface area contributed by atoms with Gasteiger partial charge in [0.1, 0.15) is 5.01 Å². The number of hydrogen-bond donors (Lipinski definition) is 1. The van der Waals surface area contributed by atoms with Crippen molar-refractivity contribution < 1.29 is 0 Å². The summed E-state index contributed by atoms with van der Waals surface area (Å²) < 4.78 is 0. The normalized spacial score (nSPS) is 11.4. The predicted octanol–water partition coefficient (Wildman–Crippen LogP) is 7.24. The van der Waals surface area contributed by atoms with Crippen LogP contribution in [0.3, 0.4) is 0 Å². The van der Waals surface area contributed by atoms with Gasteiger partial charge in [-0.2, -0.15) is 0 Å². The van der Waals surface area contributed by atoms with Gasteiger partial charge in [-0.25, -0.2) is 0 Å². The third kappa shape index (κ3) is 7.00. The maximum absolute atomic E-state index is 4.27. The van der Waals surface area contributed by atoms with Crippen LogP contribution in [0, 0.1) is 19.8 Å². The molecule has 160 valence electrons. The smallest absolute Gasteiger partial charge is 0.210 e. The minimum absolute atomic E-state index is 0.789. The Kier molecular flexibility index (Phi) is 8.30. The molecule has 1 unspecified atom stereocenters. The van der Waals surface area contributed by atoms with Crippen LogP contribution in [0.5, 0.6) is 0 Å². The molecule has 4 aromatic rings. The first kappa shape index (κ1) is 22.6. The lowest BCUT2D eigenvalue weighted by atomic mass is 10.0. The van der Waals surface area contributed by atoms with Gasteiger partial charge >= 0.3 is 0 Å².